The number of benzene rings is 3. The molecule has 0 saturated heterocycles. The summed E-state index contributed by atoms with van der Waals surface area (Å²) in [7, 11) is 0. The lowest BCUT2D eigenvalue weighted by atomic mass is 9.96. The maximum Gasteiger partial charge on any atom is 0.0831 e. The molecule has 0 N–H and O–H groups in total. The minimum atomic E-state index is 0.252. The van der Waals surface area contributed by atoms with E-state index in [2.05, 4.69) is 83.9 Å². The van der Waals surface area contributed by atoms with Crippen LogP contribution in [0.25, 0.3) is 0 Å². The van der Waals surface area contributed by atoms with Crippen LogP contribution in [0.2, 0.25) is 0 Å². The molecule has 2 aliphatic rings. The van der Waals surface area contributed by atoms with Crippen molar-refractivity contribution in [1.82, 2.24) is 0 Å². The summed E-state index contributed by atoms with van der Waals surface area (Å²) in [6.07, 6.45) is 4.66. The normalized spacial score (nSPS) is 18.7. The van der Waals surface area contributed by atoms with Gasteiger partial charge in [0.25, 0.3) is 0 Å². The summed E-state index contributed by atoms with van der Waals surface area (Å²) in [6.45, 7) is 0. The number of hydrogen-bond donors (Lipinski definition) is 0. The van der Waals surface area contributed by atoms with Gasteiger partial charge in [-0.1, -0.05) is 60.7 Å². The zero-order chi connectivity index (χ0) is 17.3. The van der Waals surface area contributed by atoms with Gasteiger partial charge >= 0.3 is 0 Å². The molecule has 0 amide bonds. The van der Waals surface area contributed by atoms with Crippen molar-refractivity contribution in [2.24, 2.45) is 5.10 Å². The molecule has 2 heteroatoms. The Balaban J connectivity index is 1.55. The van der Waals surface area contributed by atoms with E-state index in [1.54, 1.807) is 0 Å². The van der Waals surface area contributed by atoms with E-state index < -0.39 is 0 Å². The van der Waals surface area contributed by atoms with Crippen molar-refractivity contribution in [1.29, 1.82) is 0 Å². The smallest absolute Gasteiger partial charge is 0.0831 e. The second-order valence-corrected chi connectivity index (χ2v) is 7.19. The molecule has 1 heterocycles. The zero-order valence-corrected chi connectivity index (χ0v) is 14.8. The molecule has 26 heavy (non-hydrogen) atoms. The molecule has 0 fully saturated rings. The fraction of sp³-hybridized carbons (Fsp3) is 0.208. The number of aryl methyl sites for hydroxylation is 2. The highest BCUT2D eigenvalue weighted by Crippen LogP contribution is 2.37. The van der Waals surface area contributed by atoms with Gasteiger partial charge < -0.3 is 0 Å². The van der Waals surface area contributed by atoms with Crippen LogP contribution in [0.15, 0.2) is 84.0 Å². The van der Waals surface area contributed by atoms with Crippen LogP contribution in [0.5, 0.6) is 0 Å². The molecule has 0 radical (unpaired) electrons. The van der Waals surface area contributed by atoms with Crippen molar-refractivity contribution >= 4 is 11.4 Å². The van der Waals surface area contributed by atoms with Gasteiger partial charge in [-0.3, -0.25) is 5.01 Å². The van der Waals surface area contributed by atoms with E-state index in [0.29, 0.717) is 0 Å². The Labute approximate surface area is 154 Å². The molecule has 3 aromatic rings. The highest BCUT2D eigenvalue weighted by atomic mass is 15.5. The fourth-order valence-corrected chi connectivity index (χ4v) is 4.19. The van der Waals surface area contributed by atoms with Gasteiger partial charge in [0.05, 0.1) is 17.4 Å². The summed E-state index contributed by atoms with van der Waals surface area (Å²) >= 11 is 0. The van der Waals surface area contributed by atoms with Gasteiger partial charge in [0.15, 0.2) is 0 Å². The first kappa shape index (κ1) is 15.4. The highest BCUT2D eigenvalue weighted by Gasteiger charge is 2.30. The van der Waals surface area contributed by atoms with Gasteiger partial charge in [-0.2, -0.15) is 5.10 Å². The summed E-state index contributed by atoms with van der Waals surface area (Å²) in [6, 6.07) is 28.4. The monoisotopic (exact) mass is 338 g/mol. The van der Waals surface area contributed by atoms with Crippen LogP contribution in [-0.2, 0) is 12.8 Å². The molecular formula is C24H22N2. The number of fused-ring (bicyclic) bond motifs is 1. The maximum absolute atomic E-state index is 5.06. The van der Waals surface area contributed by atoms with Gasteiger partial charge in [0.2, 0.25) is 0 Å². The average molecular weight is 338 g/mol. The Bertz CT molecular complexity index is 944. The molecule has 1 aliphatic heterocycles. The van der Waals surface area contributed by atoms with Gasteiger partial charge in [-0.15, -0.1) is 0 Å². The fourth-order valence-electron chi connectivity index (χ4n) is 4.19. The maximum atomic E-state index is 5.06. The molecular weight excluding hydrogens is 316 g/mol. The third kappa shape index (κ3) is 2.72. The summed E-state index contributed by atoms with van der Waals surface area (Å²) in [5, 5.41) is 7.25. The minimum Gasteiger partial charge on any atom is -0.257 e. The summed E-state index contributed by atoms with van der Waals surface area (Å²) in [5.41, 5.74) is 7.97. The van der Waals surface area contributed by atoms with Gasteiger partial charge in [0, 0.05) is 6.42 Å². The van der Waals surface area contributed by atoms with Crippen molar-refractivity contribution < 1.29 is 0 Å². The molecule has 128 valence electrons. The molecule has 0 saturated carbocycles. The van der Waals surface area contributed by atoms with E-state index in [0.717, 1.165) is 12.1 Å². The second-order valence-electron chi connectivity index (χ2n) is 7.19. The number of hydrazone groups is 1. The average Bonchev–Trinajstić information content (AvgIpc) is 3.36. The van der Waals surface area contributed by atoms with Gasteiger partial charge in [0.1, 0.15) is 0 Å². The minimum absolute atomic E-state index is 0.252. The van der Waals surface area contributed by atoms with Crippen LogP contribution in [0.3, 0.4) is 0 Å². The Morgan fingerprint density at radius 3 is 2.31 bits per heavy atom. The first-order valence-corrected chi connectivity index (χ1v) is 9.47. The second kappa shape index (κ2) is 6.45. The van der Waals surface area contributed by atoms with E-state index in [1.807, 2.05) is 0 Å². The number of hydrogen-bond acceptors (Lipinski definition) is 2. The molecule has 3 aromatic carbocycles. The standard InChI is InChI=1S/C24H22N2/c1-3-8-19(9-4-1)24-17-23(25-26(24)22-12-5-2-6-13-22)21-15-14-18-10-7-11-20(18)16-21/h1-6,8-9,12-16,24H,7,10-11,17H2. The summed E-state index contributed by atoms with van der Waals surface area (Å²) < 4.78 is 0. The molecule has 0 spiro atoms. The Morgan fingerprint density at radius 2 is 1.50 bits per heavy atom. The predicted octanol–water partition coefficient (Wildman–Crippen LogP) is 5.53. The van der Waals surface area contributed by atoms with Gasteiger partial charge in [-0.25, -0.2) is 0 Å². The third-order valence-electron chi connectivity index (χ3n) is 5.55. The quantitative estimate of drug-likeness (QED) is 0.613. The lowest BCUT2D eigenvalue weighted by Crippen LogP contribution is -2.18. The van der Waals surface area contributed by atoms with Crippen LogP contribution < -0.4 is 5.01 Å². The van der Waals surface area contributed by atoms with E-state index >= 15 is 0 Å². The first-order chi connectivity index (χ1) is 12.9. The lowest BCUT2D eigenvalue weighted by Gasteiger charge is -2.23. The zero-order valence-electron chi connectivity index (χ0n) is 14.8. The van der Waals surface area contributed by atoms with E-state index in [9.17, 15) is 0 Å². The molecule has 1 aliphatic carbocycles. The van der Waals surface area contributed by atoms with E-state index in [-0.39, 0.29) is 6.04 Å². The van der Waals surface area contributed by atoms with Crippen molar-refractivity contribution in [3.05, 3.63) is 101 Å². The molecule has 0 bridgehead atoms. The molecule has 0 aromatic heterocycles. The van der Waals surface area contributed by atoms with Crippen molar-refractivity contribution in [3.8, 4) is 0 Å². The first-order valence-electron chi connectivity index (χ1n) is 9.47. The summed E-state index contributed by atoms with van der Waals surface area (Å²) in [4.78, 5) is 0. The van der Waals surface area contributed by atoms with Crippen LogP contribution in [0, 0.1) is 0 Å². The van der Waals surface area contributed by atoms with E-state index in [1.165, 1.54) is 47.2 Å². The number of anilines is 1. The van der Waals surface area contributed by atoms with Crippen molar-refractivity contribution in [3.63, 3.8) is 0 Å². The number of para-hydroxylation sites is 1. The van der Waals surface area contributed by atoms with Crippen molar-refractivity contribution in [2.75, 3.05) is 5.01 Å². The predicted molar refractivity (Wildman–Crippen MR) is 108 cm³/mol. The number of rotatable bonds is 3. The molecule has 1 unspecified atom stereocenters. The topological polar surface area (TPSA) is 15.6 Å². The van der Waals surface area contributed by atoms with Crippen LogP contribution in [-0.4, -0.2) is 5.71 Å². The van der Waals surface area contributed by atoms with Crippen molar-refractivity contribution in [2.45, 2.75) is 31.7 Å². The lowest BCUT2D eigenvalue weighted by molar-refractivity contribution is 0.709. The van der Waals surface area contributed by atoms with Crippen LogP contribution >= 0.6 is 0 Å². The van der Waals surface area contributed by atoms with Crippen LogP contribution in [0.1, 0.15) is 41.1 Å². The third-order valence-corrected chi connectivity index (χ3v) is 5.55. The SMILES string of the molecule is c1ccc(C2CC(c3ccc4c(c3)CCC4)=NN2c2ccccc2)cc1. The number of nitrogens with zero attached hydrogens (tertiary/aromatic N) is 2. The highest BCUT2D eigenvalue weighted by molar-refractivity contribution is 6.03. The molecule has 1 atom stereocenters. The van der Waals surface area contributed by atoms with E-state index in [4.69, 9.17) is 5.10 Å². The Kier molecular flexibility index (Phi) is 3.82. The Morgan fingerprint density at radius 1 is 0.769 bits per heavy atom. The largest absolute Gasteiger partial charge is 0.257 e. The summed E-state index contributed by atoms with van der Waals surface area (Å²) in [5.74, 6) is 0. The molecule has 2 nitrogen and oxygen atoms in total. The Hall–Kier alpha value is -2.87. The van der Waals surface area contributed by atoms with Gasteiger partial charge in [-0.05, 0) is 59.7 Å². The molecule has 5 rings (SSSR count). The van der Waals surface area contributed by atoms with Crippen LogP contribution in [0.4, 0.5) is 5.69 Å².